The molecule has 0 saturated carbocycles. The summed E-state index contributed by atoms with van der Waals surface area (Å²) in [6, 6.07) is 4.02. The molecular formula is C11H12N4O3. The molecule has 1 aromatic rings. The number of carbonyl (C=O) groups is 3. The fraction of sp³-hybridized carbons (Fsp3) is 0.273. The van der Waals surface area contributed by atoms with Crippen LogP contribution in [0.3, 0.4) is 0 Å². The smallest absolute Gasteiger partial charge is 0.322 e. The van der Waals surface area contributed by atoms with Crippen molar-refractivity contribution in [1.82, 2.24) is 20.9 Å². The molecule has 1 fully saturated rings. The second-order valence-electron chi connectivity index (χ2n) is 3.82. The monoisotopic (exact) mass is 248 g/mol. The number of hydrogen-bond donors (Lipinski definition) is 3. The first-order chi connectivity index (χ1) is 8.65. The molecule has 94 valence electrons. The molecule has 0 aliphatic carbocycles. The third-order valence-electron chi connectivity index (χ3n) is 2.44. The normalized spacial score (nSPS) is 18.1. The van der Waals surface area contributed by atoms with Crippen LogP contribution >= 0.6 is 0 Å². The van der Waals surface area contributed by atoms with E-state index < -0.39 is 18.0 Å². The molecule has 0 aromatic carbocycles. The zero-order valence-electron chi connectivity index (χ0n) is 9.47. The predicted molar refractivity (Wildman–Crippen MR) is 61.2 cm³/mol. The van der Waals surface area contributed by atoms with Crippen LogP contribution in [0.4, 0.5) is 4.79 Å². The Labute approximate surface area is 103 Å². The van der Waals surface area contributed by atoms with Crippen LogP contribution in [0.25, 0.3) is 0 Å². The Balaban J connectivity index is 1.79. The maximum absolute atomic E-state index is 11.6. The molecular weight excluding hydrogens is 236 g/mol. The molecule has 3 N–H and O–H groups in total. The number of imide groups is 1. The number of nitrogens with zero attached hydrogens (tertiary/aromatic N) is 1. The Morgan fingerprint density at radius 2 is 2.22 bits per heavy atom. The molecule has 1 atom stereocenters. The Hall–Kier alpha value is -2.44. The predicted octanol–water partition coefficient (Wildman–Crippen LogP) is -0.704. The van der Waals surface area contributed by atoms with Gasteiger partial charge in [-0.1, -0.05) is 6.07 Å². The maximum Gasteiger partial charge on any atom is 0.322 e. The number of aromatic nitrogens is 1. The van der Waals surface area contributed by atoms with Crippen LogP contribution in [0.1, 0.15) is 12.1 Å². The Kier molecular flexibility index (Phi) is 3.52. The summed E-state index contributed by atoms with van der Waals surface area (Å²) >= 11 is 0. The van der Waals surface area contributed by atoms with Crippen LogP contribution in [-0.2, 0) is 16.1 Å². The zero-order chi connectivity index (χ0) is 13.0. The lowest BCUT2D eigenvalue weighted by Crippen LogP contribution is -2.36. The third-order valence-corrected chi connectivity index (χ3v) is 2.44. The van der Waals surface area contributed by atoms with Gasteiger partial charge in [0, 0.05) is 6.20 Å². The minimum Gasteiger partial charge on any atom is -0.350 e. The summed E-state index contributed by atoms with van der Waals surface area (Å²) < 4.78 is 0. The Morgan fingerprint density at radius 1 is 1.39 bits per heavy atom. The van der Waals surface area contributed by atoms with Crippen molar-refractivity contribution in [2.45, 2.75) is 19.0 Å². The lowest BCUT2D eigenvalue weighted by molar-refractivity contribution is -0.126. The van der Waals surface area contributed by atoms with Crippen molar-refractivity contribution in [3.8, 4) is 0 Å². The van der Waals surface area contributed by atoms with Gasteiger partial charge in [0.15, 0.2) is 0 Å². The van der Waals surface area contributed by atoms with Gasteiger partial charge in [-0.15, -0.1) is 0 Å². The van der Waals surface area contributed by atoms with E-state index in [1.165, 1.54) is 0 Å². The van der Waals surface area contributed by atoms with Crippen LogP contribution < -0.4 is 16.0 Å². The van der Waals surface area contributed by atoms with E-state index in [4.69, 9.17) is 0 Å². The number of hydrogen-bond acceptors (Lipinski definition) is 4. The second kappa shape index (κ2) is 5.26. The quantitative estimate of drug-likeness (QED) is 0.613. The molecule has 7 heteroatoms. The molecule has 1 aliphatic rings. The van der Waals surface area contributed by atoms with E-state index in [0.29, 0.717) is 6.54 Å². The van der Waals surface area contributed by atoms with Crippen molar-refractivity contribution in [3.05, 3.63) is 30.1 Å². The van der Waals surface area contributed by atoms with E-state index in [2.05, 4.69) is 20.9 Å². The minimum atomic E-state index is -0.791. The first-order valence-electron chi connectivity index (χ1n) is 5.43. The highest BCUT2D eigenvalue weighted by Crippen LogP contribution is 1.99. The molecule has 4 amide bonds. The molecule has 1 saturated heterocycles. The number of rotatable bonds is 4. The highest BCUT2D eigenvalue weighted by Gasteiger charge is 2.31. The van der Waals surface area contributed by atoms with Gasteiger partial charge in [0.1, 0.15) is 6.04 Å². The van der Waals surface area contributed by atoms with Gasteiger partial charge < -0.3 is 10.6 Å². The van der Waals surface area contributed by atoms with E-state index in [0.717, 1.165) is 5.69 Å². The molecule has 2 heterocycles. The maximum atomic E-state index is 11.6. The van der Waals surface area contributed by atoms with Gasteiger partial charge >= 0.3 is 6.03 Å². The average Bonchev–Trinajstić information content (AvgIpc) is 2.67. The van der Waals surface area contributed by atoms with Gasteiger partial charge in [-0.3, -0.25) is 19.9 Å². The first kappa shape index (κ1) is 12.0. The van der Waals surface area contributed by atoms with Crippen LogP contribution in [-0.4, -0.2) is 28.9 Å². The Morgan fingerprint density at radius 3 is 2.83 bits per heavy atom. The fourth-order valence-corrected chi connectivity index (χ4v) is 1.55. The van der Waals surface area contributed by atoms with Gasteiger partial charge in [-0.2, -0.15) is 0 Å². The van der Waals surface area contributed by atoms with Crippen LogP contribution in [0.2, 0.25) is 0 Å². The average molecular weight is 248 g/mol. The summed E-state index contributed by atoms with van der Waals surface area (Å²) in [6.45, 7) is 0.294. The van der Waals surface area contributed by atoms with Crippen molar-refractivity contribution in [3.63, 3.8) is 0 Å². The van der Waals surface area contributed by atoms with Crippen molar-refractivity contribution in [2.75, 3.05) is 0 Å². The van der Waals surface area contributed by atoms with Crippen molar-refractivity contribution in [2.24, 2.45) is 0 Å². The van der Waals surface area contributed by atoms with E-state index in [-0.39, 0.29) is 12.3 Å². The van der Waals surface area contributed by atoms with Crippen LogP contribution in [0.15, 0.2) is 24.4 Å². The zero-order valence-corrected chi connectivity index (χ0v) is 9.47. The van der Waals surface area contributed by atoms with Crippen LogP contribution in [0, 0.1) is 0 Å². The molecule has 18 heavy (non-hydrogen) atoms. The minimum absolute atomic E-state index is 0.0790. The van der Waals surface area contributed by atoms with Gasteiger partial charge in [-0.05, 0) is 12.1 Å². The lowest BCUT2D eigenvalue weighted by atomic mass is 10.2. The number of pyridine rings is 1. The summed E-state index contributed by atoms with van der Waals surface area (Å²) in [6.07, 6.45) is 1.55. The van der Waals surface area contributed by atoms with Gasteiger partial charge in [0.05, 0.1) is 18.7 Å². The van der Waals surface area contributed by atoms with Gasteiger partial charge in [0.25, 0.3) is 5.91 Å². The summed E-state index contributed by atoms with van der Waals surface area (Å²) in [4.78, 5) is 37.6. The summed E-state index contributed by atoms with van der Waals surface area (Å²) in [5.41, 5.74) is 0.728. The van der Waals surface area contributed by atoms with E-state index in [1.54, 1.807) is 18.3 Å². The standard InChI is InChI=1S/C11H12N4O3/c16-9(5-8-10(17)15-11(18)14-8)13-6-7-3-1-2-4-12-7/h1-4,8H,5-6H2,(H,13,16)(H2,14,15,17,18)/t8-/m1/s1. The summed E-state index contributed by atoms with van der Waals surface area (Å²) in [5.74, 6) is -0.795. The van der Waals surface area contributed by atoms with Crippen molar-refractivity contribution < 1.29 is 14.4 Å². The van der Waals surface area contributed by atoms with E-state index in [9.17, 15) is 14.4 Å². The molecule has 0 unspecified atom stereocenters. The largest absolute Gasteiger partial charge is 0.350 e. The number of amides is 4. The van der Waals surface area contributed by atoms with Crippen molar-refractivity contribution >= 4 is 17.8 Å². The van der Waals surface area contributed by atoms with E-state index >= 15 is 0 Å². The number of nitrogens with one attached hydrogen (secondary N) is 3. The van der Waals surface area contributed by atoms with E-state index in [1.807, 2.05) is 6.07 Å². The highest BCUT2D eigenvalue weighted by molar-refractivity contribution is 6.05. The first-order valence-corrected chi connectivity index (χ1v) is 5.43. The molecule has 0 spiro atoms. The topological polar surface area (TPSA) is 100 Å². The fourth-order valence-electron chi connectivity index (χ4n) is 1.55. The summed E-state index contributed by atoms with van der Waals surface area (Å²) in [7, 11) is 0. The number of urea groups is 1. The molecule has 7 nitrogen and oxygen atoms in total. The lowest BCUT2D eigenvalue weighted by Gasteiger charge is -2.07. The molecule has 1 aromatic heterocycles. The molecule has 0 bridgehead atoms. The third kappa shape index (κ3) is 3.03. The van der Waals surface area contributed by atoms with Crippen molar-refractivity contribution in [1.29, 1.82) is 0 Å². The van der Waals surface area contributed by atoms with Gasteiger partial charge in [-0.25, -0.2) is 4.79 Å². The van der Waals surface area contributed by atoms with Crippen LogP contribution in [0.5, 0.6) is 0 Å². The second-order valence-corrected chi connectivity index (χ2v) is 3.82. The summed E-state index contributed by atoms with van der Waals surface area (Å²) in [5, 5.41) is 7.05. The highest BCUT2D eigenvalue weighted by atomic mass is 16.2. The van der Waals surface area contributed by atoms with Gasteiger partial charge in [0.2, 0.25) is 5.91 Å². The molecule has 2 rings (SSSR count). The Bertz CT molecular complexity index is 474. The number of carbonyl (C=O) groups excluding carboxylic acids is 3. The SMILES string of the molecule is O=C(C[C@H]1NC(=O)NC1=O)NCc1ccccn1. The molecule has 0 radical (unpaired) electrons. The molecule has 1 aliphatic heterocycles.